The first-order valence-corrected chi connectivity index (χ1v) is 6.84. The van der Waals surface area contributed by atoms with Crippen LogP contribution >= 0.6 is 11.3 Å². The van der Waals surface area contributed by atoms with Gasteiger partial charge in [0.25, 0.3) is 5.91 Å². The molecule has 19 heavy (non-hydrogen) atoms. The Balaban J connectivity index is 2.37. The molecule has 1 aromatic carbocycles. The Labute approximate surface area is 115 Å². The highest BCUT2D eigenvalue weighted by molar-refractivity contribution is 7.17. The second kappa shape index (κ2) is 5.48. The topological polar surface area (TPSA) is 42.0 Å². The summed E-state index contributed by atoms with van der Waals surface area (Å²) in [5.41, 5.74) is 1.06. The highest BCUT2D eigenvalue weighted by Crippen LogP contribution is 2.29. The van der Waals surface area contributed by atoms with Crippen molar-refractivity contribution in [1.29, 1.82) is 0 Å². The summed E-state index contributed by atoms with van der Waals surface area (Å²) >= 11 is 1.21. The maximum Gasteiger partial charge on any atom is 0.263 e. The maximum absolute atomic E-state index is 13.7. The van der Waals surface area contributed by atoms with Gasteiger partial charge in [-0.2, -0.15) is 0 Å². The average Bonchev–Trinajstić information content (AvgIpc) is 2.71. The molecule has 100 valence electrons. The third kappa shape index (κ3) is 2.98. The molecule has 1 heterocycles. The summed E-state index contributed by atoms with van der Waals surface area (Å²) in [5.74, 6) is -0.486. The first-order chi connectivity index (χ1) is 8.99. The Bertz CT molecular complexity index is 607. The van der Waals surface area contributed by atoms with E-state index in [1.54, 1.807) is 25.1 Å². The molecule has 1 amide bonds. The van der Waals surface area contributed by atoms with Gasteiger partial charge in [0, 0.05) is 11.6 Å². The highest BCUT2D eigenvalue weighted by Gasteiger charge is 2.18. The number of thiazole rings is 1. The van der Waals surface area contributed by atoms with Gasteiger partial charge >= 0.3 is 0 Å². The Morgan fingerprint density at radius 3 is 2.68 bits per heavy atom. The van der Waals surface area contributed by atoms with Crippen molar-refractivity contribution in [2.45, 2.75) is 26.8 Å². The Kier molecular flexibility index (Phi) is 3.95. The fourth-order valence-corrected chi connectivity index (χ4v) is 2.68. The number of carbonyl (C=O) groups excluding carboxylic acids is 1. The first kappa shape index (κ1) is 13.7. The molecule has 0 bridgehead atoms. The van der Waals surface area contributed by atoms with E-state index in [4.69, 9.17) is 0 Å². The minimum atomic E-state index is -0.327. The van der Waals surface area contributed by atoms with Crippen molar-refractivity contribution >= 4 is 17.2 Å². The number of aryl methyl sites for hydroxylation is 1. The largest absolute Gasteiger partial charge is 0.349 e. The molecule has 1 N–H and O–H groups in total. The molecule has 5 heteroatoms. The van der Waals surface area contributed by atoms with Gasteiger partial charge in [0.2, 0.25) is 0 Å². The molecular formula is C14H15FN2OS. The van der Waals surface area contributed by atoms with Crippen LogP contribution in [-0.2, 0) is 0 Å². The van der Waals surface area contributed by atoms with Crippen LogP contribution in [0.4, 0.5) is 4.39 Å². The number of amides is 1. The number of rotatable bonds is 3. The number of benzene rings is 1. The van der Waals surface area contributed by atoms with E-state index >= 15 is 0 Å². The molecule has 0 aliphatic heterocycles. The molecule has 2 rings (SSSR count). The molecule has 0 unspecified atom stereocenters. The van der Waals surface area contributed by atoms with Crippen LogP contribution in [0.15, 0.2) is 24.3 Å². The molecule has 0 fully saturated rings. The molecule has 0 aliphatic carbocycles. The summed E-state index contributed by atoms with van der Waals surface area (Å²) in [6, 6.07) is 6.50. The van der Waals surface area contributed by atoms with E-state index in [2.05, 4.69) is 10.3 Å². The SMILES string of the molecule is Cc1nc(-c2ccccc2F)sc1C(=O)NC(C)C. The van der Waals surface area contributed by atoms with Gasteiger partial charge < -0.3 is 5.32 Å². The van der Waals surface area contributed by atoms with Crippen molar-refractivity contribution in [2.75, 3.05) is 0 Å². The molecule has 0 saturated heterocycles. The van der Waals surface area contributed by atoms with Crippen molar-refractivity contribution in [1.82, 2.24) is 10.3 Å². The number of hydrogen-bond acceptors (Lipinski definition) is 3. The van der Waals surface area contributed by atoms with Crippen LogP contribution in [0.2, 0.25) is 0 Å². The average molecular weight is 278 g/mol. The number of carbonyl (C=O) groups is 1. The molecule has 0 radical (unpaired) electrons. The summed E-state index contributed by atoms with van der Waals surface area (Å²) in [4.78, 5) is 16.8. The molecule has 0 aliphatic rings. The van der Waals surface area contributed by atoms with Gasteiger partial charge in [0.1, 0.15) is 15.7 Å². The van der Waals surface area contributed by atoms with Gasteiger partial charge in [0.15, 0.2) is 0 Å². The molecule has 2 aromatic rings. The first-order valence-electron chi connectivity index (χ1n) is 6.02. The zero-order valence-electron chi connectivity index (χ0n) is 11.0. The minimum Gasteiger partial charge on any atom is -0.349 e. The van der Waals surface area contributed by atoms with Gasteiger partial charge in [-0.25, -0.2) is 9.37 Å². The zero-order chi connectivity index (χ0) is 14.0. The third-order valence-electron chi connectivity index (χ3n) is 2.53. The number of nitrogens with one attached hydrogen (secondary N) is 1. The van der Waals surface area contributed by atoms with E-state index in [0.717, 1.165) is 0 Å². The fourth-order valence-electron chi connectivity index (χ4n) is 1.68. The van der Waals surface area contributed by atoms with Gasteiger partial charge in [-0.3, -0.25) is 4.79 Å². The lowest BCUT2D eigenvalue weighted by Crippen LogP contribution is -2.29. The summed E-state index contributed by atoms with van der Waals surface area (Å²) in [6.07, 6.45) is 0. The summed E-state index contributed by atoms with van der Waals surface area (Å²) in [7, 11) is 0. The monoisotopic (exact) mass is 278 g/mol. The van der Waals surface area contributed by atoms with Crippen molar-refractivity contribution in [2.24, 2.45) is 0 Å². The second-order valence-corrected chi connectivity index (χ2v) is 5.54. The molecule has 3 nitrogen and oxygen atoms in total. The van der Waals surface area contributed by atoms with Crippen molar-refractivity contribution in [3.63, 3.8) is 0 Å². The number of hydrogen-bond donors (Lipinski definition) is 1. The molecular weight excluding hydrogens is 263 g/mol. The summed E-state index contributed by atoms with van der Waals surface area (Å²) in [5, 5.41) is 3.35. The van der Waals surface area contributed by atoms with Crippen LogP contribution in [0.3, 0.4) is 0 Å². The Hall–Kier alpha value is -1.75. The van der Waals surface area contributed by atoms with Crippen LogP contribution < -0.4 is 5.32 Å². The molecule has 1 aromatic heterocycles. The van der Waals surface area contributed by atoms with E-state index in [1.807, 2.05) is 13.8 Å². The maximum atomic E-state index is 13.7. The standard InChI is InChI=1S/C14H15FN2OS/c1-8(2)16-13(18)12-9(3)17-14(19-12)10-6-4-5-7-11(10)15/h4-8H,1-3H3,(H,16,18). The lowest BCUT2D eigenvalue weighted by atomic mass is 10.2. The number of aromatic nitrogens is 1. The number of halogens is 1. The third-order valence-corrected chi connectivity index (χ3v) is 3.72. The van der Waals surface area contributed by atoms with Gasteiger partial charge in [-0.1, -0.05) is 12.1 Å². The van der Waals surface area contributed by atoms with E-state index in [9.17, 15) is 9.18 Å². The quantitative estimate of drug-likeness (QED) is 0.935. The summed E-state index contributed by atoms with van der Waals surface area (Å²) in [6.45, 7) is 5.55. The van der Waals surface area contributed by atoms with Crippen LogP contribution in [0, 0.1) is 12.7 Å². The van der Waals surface area contributed by atoms with E-state index in [-0.39, 0.29) is 17.8 Å². The van der Waals surface area contributed by atoms with Crippen LogP contribution in [0.5, 0.6) is 0 Å². The van der Waals surface area contributed by atoms with Crippen molar-refractivity contribution in [3.05, 3.63) is 40.7 Å². The van der Waals surface area contributed by atoms with Crippen molar-refractivity contribution < 1.29 is 9.18 Å². The highest BCUT2D eigenvalue weighted by atomic mass is 32.1. The Morgan fingerprint density at radius 1 is 1.37 bits per heavy atom. The van der Waals surface area contributed by atoms with E-state index in [1.165, 1.54) is 17.4 Å². The van der Waals surface area contributed by atoms with E-state index < -0.39 is 0 Å². The van der Waals surface area contributed by atoms with Crippen LogP contribution in [-0.4, -0.2) is 16.9 Å². The van der Waals surface area contributed by atoms with Gasteiger partial charge in [-0.15, -0.1) is 11.3 Å². The number of nitrogens with zero attached hydrogens (tertiary/aromatic N) is 1. The van der Waals surface area contributed by atoms with Crippen LogP contribution in [0.1, 0.15) is 29.2 Å². The molecule has 0 saturated carbocycles. The van der Waals surface area contributed by atoms with Gasteiger partial charge in [0.05, 0.1) is 5.69 Å². The van der Waals surface area contributed by atoms with Crippen LogP contribution in [0.25, 0.3) is 10.6 Å². The lowest BCUT2D eigenvalue weighted by Gasteiger charge is -2.06. The normalized spacial score (nSPS) is 10.8. The predicted octanol–water partition coefficient (Wildman–Crippen LogP) is 3.40. The van der Waals surface area contributed by atoms with Crippen molar-refractivity contribution in [3.8, 4) is 10.6 Å². The second-order valence-electron chi connectivity index (χ2n) is 4.54. The predicted molar refractivity (Wildman–Crippen MR) is 74.8 cm³/mol. The zero-order valence-corrected chi connectivity index (χ0v) is 11.8. The molecule has 0 atom stereocenters. The smallest absolute Gasteiger partial charge is 0.263 e. The molecule has 0 spiro atoms. The summed E-state index contributed by atoms with van der Waals surface area (Å²) < 4.78 is 13.7. The Morgan fingerprint density at radius 2 is 2.05 bits per heavy atom. The lowest BCUT2D eigenvalue weighted by molar-refractivity contribution is 0.0946. The van der Waals surface area contributed by atoms with E-state index in [0.29, 0.717) is 21.1 Å². The fraction of sp³-hybridized carbons (Fsp3) is 0.286. The minimum absolute atomic E-state index is 0.0610. The van der Waals surface area contributed by atoms with Gasteiger partial charge in [-0.05, 0) is 32.9 Å².